The topological polar surface area (TPSA) is 24.9 Å². The number of hydrogen-bond donors (Lipinski definition) is 1. The molecular formula is C13H13F3N2S. The Hall–Kier alpha value is -1.40. The summed E-state index contributed by atoms with van der Waals surface area (Å²) in [5.41, 5.74) is 1.22. The van der Waals surface area contributed by atoms with Crippen LogP contribution in [-0.2, 0) is 12.7 Å². The van der Waals surface area contributed by atoms with Crippen molar-refractivity contribution in [2.75, 3.05) is 6.54 Å². The van der Waals surface area contributed by atoms with E-state index >= 15 is 0 Å². The normalized spacial score (nSPS) is 11.8. The third-order valence-electron chi connectivity index (χ3n) is 2.52. The molecule has 1 aromatic heterocycles. The van der Waals surface area contributed by atoms with Crippen molar-refractivity contribution < 1.29 is 13.2 Å². The van der Waals surface area contributed by atoms with Gasteiger partial charge in [0.05, 0.1) is 10.6 Å². The number of hydrogen-bond acceptors (Lipinski definition) is 3. The maximum atomic E-state index is 12.7. The maximum Gasteiger partial charge on any atom is 0.443 e. The molecule has 0 unspecified atom stereocenters. The van der Waals surface area contributed by atoms with Gasteiger partial charge in [0.1, 0.15) is 0 Å². The third kappa shape index (κ3) is 3.33. The molecule has 0 atom stereocenters. The SMILES string of the molecule is CCNCc1nc(C(F)(F)F)sc1-c1ccccc1. The molecule has 0 amide bonds. The minimum atomic E-state index is -4.39. The zero-order chi connectivity index (χ0) is 13.9. The fraction of sp³-hybridized carbons (Fsp3) is 0.308. The first-order chi connectivity index (χ1) is 9.02. The first-order valence-corrected chi connectivity index (χ1v) is 6.67. The second-order valence-electron chi connectivity index (χ2n) is 3.94. The highest BCUT2D eigenvalue weighted by molar-refractivity contribution is 7.15. The van der Waals surface area contributed by atoms with E-state index in [2.05, 4.69) is 10.3 Å². The Balaban J connectivity index is 2.43. The van der Waals surface area contributed by atoms with Crippen LogP contribution in [0.5, 0.6) is 0 Å². The van der Waals surface area contributed by atoms with Gasteiger partial charge < -0.3 is 5.32 Å². The Morgan fingerprint density at radius 1 is 1.21 bits per heavy atom. The monoisotopic (exact) mass is 286 g/mol. The Bertz CT molecular complexity index is 535. The molecule has 2 aromatic rings. The highest BCUT2D eigenvalue weighted by Crippen LogP contribution is 2.38. The summed E-state index contributed by atoms with van der Waals surface area (Å²) in [7, 11) is 0. The van der Waals surface area contributed by atoms with E-state index in [0.29, 0.717) is 35.0 Å². The minimum absolute atomic E-state index is 0.341. The summed E-state index contributed by atoms with van der Waals surface area (Å²) >= 11 is 0.694. The highest BCUT2D eigenvalue weighted by atomic mass is 32.1. The van der Waals surface area contributed by atoms with Gasteiger partial charge in [0.25, 0.3) is 0 Å². The van der Waals surface area contributed by atoms with E-state index in [1.807, 2.05) is 13.0 Å². The smallest absolute Gasteiger partial charge is 0.311 e. The van der Waals surface area contributed by atoms with Gasteiger partial charge in [-0.2, -0.15) is 13.2 Å². The number of thiazole rings is 1. The molecule has 1 N–H and O–H groups in total. The molecule has 1 aromatic carbocycles. The van der Waals surface area contributed by atoms with Crippen molar-refractivity contribution in [3.63, 3.8) is 0 Å². The van der Waals surface area contributed by atoms with E-state index in [9.17, 15) is 13.2 Å². The Morgan fingerprint density at radius 3 is 2.47 bits per heavy atom. The molecule has 0 saturated heterocycles. The molecule has 0 spiro atoms. The van der Waals surface area contributed by atoms with Gasteiger partial charge in [-0.15, -0.1) is 11.3 Å². The molecule has 0 saturated carbocycles. The van der Waals surface area contributed by atoms with Crippen LogP contribution < -0.4 is 5.32 Å². The van der Waals surface area contributed by atoms with Crippen molar-refractivity contribution in [2.45, 2.75) is 19.6 Å². The molecule has 0 aliphatic carbocycles. The van der Waals surface area contributed by atoms with E-state index < -0.39 is 11.2 Å². The van der Waals surface area contributed by atoms with Crippen molar-refractivity contribution in [3.8, 4) is 10.4 Å². The minimum Gasteiger partial charge on any atom is -0.311 e. The highest BCUT2D eigenvalue weighted by Gasteiger charge is 2.36. The van der Waals surface area contributed by atoms with E-state index in [1.54, 1.807) is 24.3 Å². The van der Waals surface area contributed by atoms with Crippen molar-refractivity contribution in [1.29, 1.82) is 0 Å². The molecule has 0 aliphatic heterocycles. The van der Waals surface area contributed by atoms with Gasteiger partial charge in [0.2, 0.25) is 0 Å². The fourth-order valence-electron chi connectivity index (χ4n) is 1.65. The summed E-state index contributed by atoms with van der Waals surface area (Å²) in [6.45, 7) is 2.93. The van der Waals surface area contributed by atoms with Crippen LogP contribution in [0, 0.1) is 0 Å². The van der Waals surface area contributed by atoms with Crippen molar-refractivity contribution >= 4 is 11.3 Å². The summed E-state index contributed by atoms with van der Waals surface area (Å²) in [5.74, 6) is 0. The van der Waals surface area contributed by atoms with Crippen molar-refractivity contribution in [3.05, 3.63) is 41.0 Å². The van der Waals surface area contributed by atoms with Crippen LogP contribution in [0.15, 0.2) is 30.3 Å². The van der Waals surface area contributed by atoms with E-state index in [1.165, 1.54) is 0 Å². The molecule has 1 heterocycles. The molecule has 2 rings (SSSR count). The number of benzene rings is 1. The van der Waals surface area contributed by atoms with Gasteiger partial charge in [-0.3, -0.25) is 0 Å². The number of halogens is 3. The molecule has 0 radical (unpaired) electrons. The van der Waals surface area contributed by atoms with Crippen LogP contribution in [0.1, 0.15) is 17.6 Å². The average molecular weight is 286 g/mol. The zero-order valence-corrected chi connectivity index (χ0v) is 11.1. The Labute approximate surface area is 113 Å². The second kappa shape index (κ2) is 5.71. The van der Waals surface area contributed by atoms with Gasteiger partial charge >= 0.3 is 6.18 Å². The average Bonchev–Trinajstić information content (AvgIpc) is 2.81. The van der Waals surface area contributed by atoms with Crippen LogP contribution in [0.25, 0.3) is 10.4 Å². The van der Waals surface area contributed by atoms with Crippen LogP contribution in [-0.4, -0.2) is 11.5 Å². The summed E-state index contributed by atoms with van der Waals surface area (Å²) in [6.07, 6.45) is -4.39. The molecule has 102 valence electrons. The van der Waals surface area contributed by atoms with Crippen LogP contribution >= 0.6 is 11.3 Å². The van der Waals surface area contributed by atoms with Crippen LogP contribution in [0.2, 0.25) is 0 Å². The number of nitrogens with zero attached hydrogens (tertiary/aromatic N) is 1. The van der Waals surface area contributed by atoms with E-state index in [4.69, 9.17) is 0 Å². The zero-order valence-electron chi connectivity index (χ0n) is 10.3. The lowest BCUT2D eigenvalue weighted by molar-refractivity contribution is -0.137. The first-order valence-electron chi connectivity index (χ1n) is 5.85. The van der Waals surface area contributed by atoms with Gasteiger partial charge in [-0.1, -0.05) is 37.3 Å². The largest absolute Gasteiger partial charge is 0.443 e. The number of aromatic nitrogens is 1. The van der Waals surface area contributed by atoms with Crippen LogP contribution in [0.3, 0.4) is 0 Å². The second-order valence-corrected chi connectivity index (χ2v) is 4.94. The predicted molar refractivity (Wildman–Crippen MR) is 69.9 cm³/mol. The molecule has 2 nitrogen and oxygen atoms in total. The number of alkyl halides is 3. The summed E-state index contributed by atoms with van der Waals surface area (Å²) in [4.78, 5) is 4.30. The van der Waals surface area contributed by atoms with Gasteiger partial charge in [0.15, 0.2) is 5.01 Å². The molecule has 0 fully saturated rings. The Kier molecular flexibility index (Phi) is 4.21. The van der Waals surface area contributed by atoms with E-state index in [0.717, 1.165) is 5.56 Å². The molecule has 19 heavy (non-hydrogen) atoms. The number of nitrogens with one attached hydrogen (secondary N) is 1. The molecule has 0 aliphatic rings. The summed E-state index contributed by atoms with van der Waals surface area (Å²) in [5, 5.41) is 2.22. The molecule has 6 heteroatoms. The maximum absolute atomic E-state index is 12.7. The first kappa shape index (κ1) is 14.0. The molecule has 0 bridgehead atoms. The van der Waals surface area contributed by atoms with Gasteiger partial charge in [0, 0.05) is 6.54 Å². The van der Waals surface area contributed by atoms with Gasteiger partial charge in [-0.05, 0) is 12.1 Å². The quantitative estimate of drug-likeness (QED) is 0.921. The lowest BCUT2D eigenvalue weighted by Crippen LogP contribution is -2.13. The van der Waals surface area contributed by atoms with Gasteiger partial charge in [-0.25, -0.2) is 4.98 Å². The standard InChI is InChI=1S/C13H13F3N2S/c1-2-17-8-10-11(9-6-4-3-5-7-9)19-12(18-10)13(14,15)16/h3-7,17H,2,8H2,1H3. The molecular weight excluding hydrogens is 273 g/mol. The van der Waals surface area contributed by atoms with Crippen molar-refractivity contribution in [2.24, 2.45) is 0 Å². The summed E-state index contributed by atoms with van der Waals surface area (Å²) in [6, 6.07) is 9.03. The number of rotatable bonds is 4. The summed E-state index contributed by atoms with van der Waals surface area (Å²) < 4.78 is 38.2. The predicted octanol–water partition coefficient (Wildman–Crippen LogP) is 3.94. The Morgan fingerprint density at radius 2 is 1.89 bits per heavy atom. The fourth-order valence-corrected chi connectivity index (χ4v) is 2.61. The van der Waals surface area contributed by atoms with Crippen molar-refractivity contribution in [1.82, 2.24) is 10.3 Å². The van der Waals surface area contributed by atoms with Crippen LogP contribution in [0.4, 0.5) is 13.2 Å². The third-order valence-corrected chi connectivity index (χ3v) is 3.71. The lowest BCUT2D eigenvalue weighted by Gasteiger charge is -2.02. The van der Waals surface area contributed by atoms with E-state index in [-0.39, 0.29) is 0 Å². The lowest BCUT2D eigenvalue weighted by atomic mass is 10.1.